The van der Waals surface area contributed by atoms with E-state index in [9.17, 15) is 17.6 Å². The summed E-state index contributed by atoms with van der Waals surface area (Å²) in [5.74, 6) is 1.07. The molecule has 2 aliphatic rings. The first kappa shape index (κ1) is 21.8. The Morgan fingerprint density at radius 3 is 2.42 bits per heavy atom. The van der Waals surface area contributed by atoms with Gasteiger partial charge in [-0.3, -0.25) is 9.69 Å². The van der Waals surface area contributed by atoms with Crippen LogP contribution in [0.1, 0.15) is 55.6 Å². The van der Waals surface area contributed by atoms with Crippen LogP contribution in [-0.4, -0.2) is 48.2 Å². The Morgan fingerprint density at radius 2 is 1.77 bits per heavy atom. The van der Waals surface area contributed by atoms with E-state index in [1.54, 1.807) is 4.90 Å². The predicted molar refractivity (Wildman–Crippen MR) is 115 cm³/mol. The number of hydrogen-bond acceptors (Lipinski definition) is 5. The molecule has 1 aromatic heterocycles. The third-order valence-corrected chi connectivity index (χ3v) is 7.99. The van der Waals surface area contributed by atoms with Crippen LogP contribution in [-0.2, 0) is 21.2 Å². The molecule has 0 aliphatic carbocycles. The zero-order chi connectivity index (χ0) is 22.2. The number of hydrogen-bond donors (Lipinski definition) is 0. The van der Waals surface area contributed by atoms with Gasteiger partial charge in [0.15, 0.2) is 0 Å². The van der Waals surface area contributed by atoms with Gasteiger partial charge in [-0.15, -0.1) is 0 Å². The first-order chi connectivity index (χ1) is 14.8. The number of piperidine rings is 1. The lowest BCUT2D eigenvalue weighted by Crippen LogP contribution is -2.39. The number of anilines is 1. The summed E-state index contributed by atoms with van der Waals surface area (Å²) in [7, 11) is -3.66. The smallest absolute Gasteiger partial charge is 0.243 e. The normalized spacial score (nSPS) is 18.3. The molecule has 1 saturated heterocycles. The summed E-state index contributed by atoms with van der Waals surface area (Å²) < 4.78 is 40.3. The van der Waals surface area contributed by atoms with Gasteiger partial charge in [-0.1, -0.05) is 6.92 Å². The van der Waals surface area contributed by atoms with Crippen molar-refractivity contribution < 1.29 is 17.6 Å². The summed E-state index contributed by atoms with van der Waals surface area (Å²) in [6, 6.07) is 4.91. The van der Waals surface area contributed by atoms with Crippen LogP contribution < -0.4 is 4.90 Å². The number of benzene rings is 1. The number of aromatic nitrogens is 2. The third kappa shape index (κ3) is 4.21. The lowest BCUT2D eigenvalue weighted by atomic mass is 9.96. The van der Waals surface area contributed by atoms with Crippen molar-refractivity contribution in [2.24, 2.45) is 0 Å². The molecular weight excluding hydrogens is 419 g/mol. The zero-order valence-corrected chi connectivity index (χ0v) is 18.7. The standard InChI is InChI=1S/C22H27FN4O3S/c1-3-12-27-20(28)9-8-19-15(2)24-21(25-22(19)27)16-10-13-26(14-11-16)31(29,30)18-6-4-17(23)5-7-18/h4-7,16H,3,8-14H2,1-2H3. The largest absolute Gasteiger partial charge is 0.296 e. The number of fused-ring (bicyclic) bond motifs is 1. The van der Waals surface area contributed by atoms with Crippen LogP contribution in [0.5, 0.6) is 0 Å². The van der Waals surface area contributed by atoms with E-state index < -0.39 is 15.8 Å². The molecule has 166 valence electrons. The first-order valence-corrected chi connectivity index (χ1v) is 12.2. The maximum atomic E-state index is 13.2. The number of sulfonamides is 1. The van der Waals surface area contributed by atoms with Gasteiger partial charge >= 0.3 is 0 Å². The Hall–Kier alpha value is -2.39. The average molecular weight is 447 g/mol. The Labute approximate surface area is 182 Å². The lowest BCUT2D eigenvalue weighted by molar-refractivity contribution is -0.119. The average Bonchev–Trinajstić information content (AvgIpc) is 2.76. The summed E-state index contributed by atoms with van der Waals surface area (Å²) in [5.41, 5.74) is 1.93. The molecule has 4 rings (SSSR count). The SMILES string of the molecule is CCCN1C(=O)CCc2c(C)nc(C3CCN(S(=O)(=O)c4ccc(F)cc4)CC3)nc21. The van der Waals surface area contributed by atoms with E-state index in [0.29, 0.717) is 51.1 Å². The maximum absolute atomic E-state index is 13.2. The van der Waals surface area contributed by atoms with E-state index in [0.717, 1.165) is 35.6 Å². The molecule has 1 fully saturated rings. The molecule has 0 saturated carbocycles. The van der Waals surface area contributed by atoms with Crippen molar-refractivity contribution in [2.75, 3.05) is 24.5 Å². The van der Waals surface area contributed by atoms with Gasteiger partial charge in [0.1, 0.15) is 17.5 Å². The number of rotatable bonds is 5. The molecule has 0 radical (unpaired) electrons. The quantitative estimate of drug-likeness (QED) is 0.704. The van der Waals surface area contributed by atoms with E-state index in [1.165, 1.54) is 16.4 Å². The molecule has 7 nitrogen and oxygen atoms in total. The monoisotopic (exact) mass is 446 g/mol. The number of carbonyl (C=O) groups excluding carboxylic acids is 1. The molecule has 3 heterocycles. The topological polar surface area (TPSA) is 83.5 Å². The Kier molecular flexibility index (Phi) is 6.07. The van der Waals surface area contributed by atoms with Crippen molar-refractivity contribution in [1.29, 1.82) is 0 Å². The Bertz CT molecular complexity index is 1080. The molecule has 0 unspecified atom stereocenters. The molecule has 0 spiro atoms. The highest BCUT2D eigenvalue weighted by Crippen LogP contribution is 2.33. The highest BCUT2D eigenvalue weighted by atomic mass is 32.2. The number of aryl methyl sites for hydroxylation is 1. The molecular formula is C22H27FN4O3S. The maximum Gasteiger partial charge on any atom is 0.243 e. The van der Waals surface area contributed by atoms with Gasteiger partial charge in [-0.2, -0.15) is 4.31 Å². The highest BCUT2D eigenvalue weighted by molar-refractivity contribution is 7.89. The minimum Gasteiger partial charge on any atom is -0.296 e. The molecule has 2 aromatic rings. The summed E-state index contributed by atoms with van der Waals surface area (Å²) in [6.45, 7) is 5.32. The zero-order valence-electron chi connectivity index (χ0n) is 17.8. The van der Waals surface area contributed by atoms with Gasteiger partial charge in [0.25, 0.3) is 0 Å². The van der Waals surface area contributed by atoms with E-state index >= 15 is 0 Å². The summed E-state index contributed by atoms with van der Waals surface area (Å²) in [6.07, 6.45) is 3.19. The van der Waals surface area contributed by atoms with Crippen molar-refractivity contribution in [3.8, 4) is 0 Å². The van der Waals surface area contributed by atoms with Crippen LogP contribution in [0.15, 0.2) is 29.2 Å². The highest BCUT2D eigenvalue weighted by Gasteiger charge is 2.33. The van der Waals surface area contributed by atoms with E-state index in [1.807, 2.05) is 13.8 Å². The van der Waals surface area contributed by atoms with Gasteiger partial charge in [-0.25, -0.2) is 22.8 Å². The van der Waals surface area contributed by atoms with E-state index in [4.69, 9.17) is 9.97 Å². The first-order valence-electron chi connectivity index (χ1n) is 10.7. The van der Waals surface area contributed by atoms with Crippen molar-refractivity contribution in [3.63, 3.8) is 0 Å². The fourth-order valence-corrected chi connectivity index (χ4v) is 5.82. The van der Waals surface area contributed by atoms with E-state index in [2.05, 4.69) is 0 Å². The van der Waals surface area contributed by atoms with Crippen LogP contribution in [0.25, 0.3) is 0 Å². The minimum absolute atomic E-state index is 0.0316. The van der Waals surface area contributed by atoms with Gasteiger partial charge in [-0.05, 0) is 56.9 Å². The van der Waals surface area contributed by atoms with Gasteiger partial charge in [0.2, 0.25) is 15.9 Å². The second kappa shape index (κ2) is 8.63. The minimum atomic E-state index is -3.66. The molecule has 31 heavy (non-hydrogen) atoms. The Morgan fingerprint density at radius 1 is 1.10 bits per heavy atom. The number of amides is 1. The number of carbonyl (C=O) groups is 1. The van der Waals surface area contributed by atoms with E-state index in [-0.39, 0.29) is 16.7 Å². The van der Waals surface area contributed by atoms with Crippen LogP contribution in [0.4, 0.5) is 10.2 Å². The lowest BCUT2D eigenvalue weighted by Gasteiger charge is -2.33. The summed E-state index contributed by atoms with van der Waals surface area (Å²) in [4.78, 5) is 23.8. The molecule has 1 aromatic carbocycles. The second-order valence-electron chi connectivity index (χ2n) is 8.15. The third-order valence-electron chi connectivity index (χ3n) is 6.07. The van der Waals surface area contributed by atoms with Crippen molar-refractivity contribution in [3.05, 3.63) is 47.2 Å². The van der Waals surface area contributed by atoms with Crippen molar-refractivity contribution in [1.82, 2.24) is 14.3 Å². The van der Waals surface area contributed by atoms with Gasteiger partial charge in [0.05, 0.1) is 4.90 Å². The molecule has 0 atom stereocenters. The fourth-order valence-electron chi connectivity index (χ4n) is 4.35. The Balaban J connectivity index is 1.53. The fraction of sp³-hybridized carbons (Fsp3) is 0.500. The molecule has 0 bridgehead atoms. The predicted octanol–water partition coefficient (Wildman–Crippen LogP) is 3.18. The molecule has 2 aliphatic heterocycles. The van der Waals surface area contributed by atoms with Gasteiger partial charge in [0, 0.05) is 43.2 Å². The number of nitrogens with zero attached hydrogens (tertiary/aromatic N) is 4. The van der Waals surface area contributed by atoms with Crippen LogP contribution in [0.2, 0.25) is 0 Å². The summed E-state index contributed by atoms with van der Waals surface area (Å²) in [5, 5.41) is 0. The molecule has 1 amide bonds. The van der Waals surface area contributed by atoms with Crippen LogP contribution in [0.3, 0.4) is 0 Å². The second-order valence-corrected chi connectivity index (χ2v) is 10.1. The summed E-state index contributed by atoms with van der Waals surface area (Å²) >= 11 is 0. The molecule has 9 heteroatoms. The van der Waals surface area contributed by atoms with Crippen LogP contribution in [0, 0.1) is 12.7 Å². The molecule has 0 N–H and O–H groups in total. The number of halogens is 1. The van der Waals surface area contributed by atoms with Crippen molar-refractivity contribution in [2.45, 2.75) is 56.8 Å². The van der Waals surface area contributed by atoms with Crippen molar-refractivity contribution >= 4 is 21.7 Å². The van der Waals surface area contributed by atoms with Crippen LogP contribution >= 0.6 is 0 Å². The van der Waals surface area contributed by atoms with Gasteiger partial charge < -0.3 is 0 Å².